The Morgan fingerprint density at radius 3 is 2.63 bits per heavy atom. The fraction of sp³-hybridized carbons (Fsp3) is 0.167. The molecule has 0 aliphatic rings. The number of benzene rings is 1. The molecule has 0 radical (unpaired) electrons. The highest BCUT2D eigenvalue weighted by atomic mass is 19.4. The summed E-state index contributed by atoms with van der Waals surface area (Å²) in [7, 11) is 0. The lowest BCUT2D eigenvalue weighted by atomic mass is 10.1. The molecule has 1 heterocycles. The molecule has 0 amide bonds. The topological polar surface area (TPSA) is 63.8 Å². The minimum atomic E-state index is -4.39. The lowest BCUT2D eigenvalue weighted by molar-refractivity contribution is -0.137. The molecule has 1 aromatic heterocycles. The first-order valence-corrected chi connectivity index (χ1v) is 5.38. The number of alkyl halides is 3. The van der Waals surface area contributed by atoms with E-state index in [1.807, 2.05) is 0 Å². The van der Waals surface area contributed by atoms with Crippen LogP contribution in [0.15, 0.2) is 30.7 Å². The zero-order valence-electron chi connectivity index (χ0n) is 9.99. The van der Waals surface area contributed by atoms with Crippen molar-refractivity contribution in [1.82, 2.24) is 9.97 Å². The van der Waals surface area contributed by atoms with Crippen LogP contribution in [0.25, 0.3) is 0 Å². The van der Waals surface area contributed by atoms with Gasteiger partial charge in [0.25, 0.3) is 0 Å². The van der Waals surface area contributed by atoms with Gasteiger partial charge in [0.05, 0.1) is 17.4 Å². The first kappa shape index (κ1) is 13.1. The van der Waals surface area contributed by atoms with E-state index in [1.54, 1.807) is 6.92 Å². The number of aromatic nitrogens is 2. The Morgan fingerprint density at radius 2 is 2.00 bits per heavy atom. The third-order valence-electron chi connectivity index (χ3n) is 2.56. The minimum absolute atomic E-state index is 0.263. The SMILES string of the molecule is Cc1ccc(C(F)(F)F)cc1Nc1ncncc1N. The maximum Gasteiger partial charge on any atom is 0.416 e. The van der Waals surface area contributed by atoms with Gasteiger partial charge in [-0.2, -0.15) is 13.2 Å². The minimum Gasteiger partial charge on any atom is -0.394 e. The molecule has 0 saturated carbocycles. The number of anilines is 3. The molecule has 1 aromatic carbocycles. The van der Waals surface area contributed by atoms with Gasteiger partial charge in [0, 0.05) is 5.69 Å². The van der Waals surface area contributed by atoms with Gasteiger partial charge in [-0.15, -0.1) is 0 Å². The van der Waals surface area contributed by atoms with Crippen molar-refractivity contribution in [2.24, 2.45) is 0 Å². The molecular formula is C12H11F3N4. The van der Waals surface area contributed by atoms with Crippen molar-refractivity contribution >= 4 is 17.2 Å². The molecule has 7 heteroatoms. The number of halogens is 3. The monoisotopic (exact) mass is 268 g/mol. The van der Waals surface area contributed by atoms with Gasteiger partial charge < -0.3 is 11.1 Å². The van der Waals surface area contributed by atoms with Crippen molar-refractivity contribution in [3.05, 3.63) is 41.9 Å². The van der Waals surface area contributed by atoms with Crippen molar-refractivity contribution in [3.63, 3.8) is 0 Å². The molecule has 100 valence electrons. The lowest BCUT2D eigenvalue weighted by Gasteiger charge is -2.13. The van der Waals surface area contributed by atoms with E-state index in [2.05, 4.69) is 15.3 Å². The fourth-order valence-corrected chi connectivity index (χ4v) is 1.51. The van der Waals surface area contributed by atoms with Crippen LogP contribution < -0.4 is 11.1 Å². The Bertz CT molecular complexity index is 596. The maximum atomic E-state index is 12.6. The van der Waals surface area contributed by atoms with Gasteiger partial charge in [0.1, 0.15) is 6.33 Å². The molecular weight excluding hydrogens is 257 g/mol. The van der Waals surface area contributed by atoms with E-state index in [1.165, 1.54) is 18.6 Å². The van der Waals surface area contributed by atoms with Gasteiger partial charge in [-0.3, -0.25) is 0 Å². The second kappa shape index (κ2) is 4.75. The van der Waals surface area contributed by atoms with E-state index in [0.717, 1.165) is 12.1 Å². The molecule has 0 fully saturated rings. The van der Waals surface area contributed by atoms with E-state index >= 15 is 0 Å². The second-order valence-electron chi connectivity index (χ2n) is 3.98. The average Bonchev–Trinajstić information content (AvgIpc) is 2.33. The summed E-state index contributed by atoms with van der Waals surface area (Å²) in [5, 5.41) is 2.78. The molecule has 0 bridgehead atoms. The van der Waals surface area contributed by atoms with Crippen LogP contribution in [0.5, 0.6) is 0 Å². The molecule has 0 unspecified atom stereocenters. The summed E-state index contributed by atoms with van der Waals surface area (Å²) in [5.74, 6) is 0.275. The first-order valence-electron chi connectivity index (χ1n) is 5.38. The normalized spacial score (nSPS) is 11.4. The highest BCUT2D eigenvalue weighted by Crippen LogP contribution is 2.33. The van der Waals surface area contributed by atoms with Crippen LogP contribution in [0.2, 0.25) is 0 Å². The Labute approximate surface area is 107 Å². The number of rotatable bonds is 2. The van der Waals surface area contributed by atoms with Crippen molar-refractivity contribution in [1.29, 1.82) is 0 Å². The molecule has 4 nitrogen and oxygen atoms in total. The number of nitrogens with zero attached hydrogens (tertiary/aromatic N) is 2. The molecule has 0 saturated heterocycles. The summed E-state index contributed by atoms with van der Waals surface area (Å²) in [5.41, 5.74) is 6.13. The van der Waals surface area contributed by atoms with Crippen LogP contribution in [-0.2, 0) is 6.18 Å². The van der Waals surface area contributed by atoms with Gasteiger partial charge >= 0.3 is 6.18 Å². The number of hydrogen-bond donors (Lipinski definition) is 2. The largest absolute Gasteiger partial charge is 0.416 e. The van der Waals surface area contributed by atoms with E-state index in [-0.39, 0.29) is 11.5 Å². The summed E-state index contributed by atoms with van der Waals surface area (Å²) in [6, 6.07) is 3.45. The average molecular weight is 268 g/mol. The molecule has 0 spiro atoms. The molecule has 3 N–H and O–H groups in total. The second-order valence-corrected chi connectivity index (χ2v) is 3.98. The van der Waals surface area contributed by atoms with Crippen molar-refractivity contribution in [2.75, 3.05) is 11.1 Å². The number of nitrogens with one attached hydrogen (secondary N) is 1. The van der Waals surface area contributed by atoms with Gasteiger partial charge in [0.15, 0.2) is 5.82 Å². The van der Waals surface area contributed by atoms with Crippen molar-refractivity contribution in [3.8, 4) is 0 Å². The maximum absolute atomic E-state index is 12.6. The summed E-state index contributed by atoms with van der Waals surface area (Å²) in [4.78, 5) is 7.59. The quantitative estimate of drug-likeness (QED) is 0.878. The molecule has 0 aliphatic heterocycles. The van der Waals surface area contributed by atoms with Crippen LogP contribution in [0.3, 0.4) is 0 Å². The zero-order chi connectivity index (χ0) is 14.0. The smallest absolute Gasteiger partial charge is 0.394 e. The van der Waals surface area contributed by atoms with Crippen LogP contribution in [-0.4, -0.2) is 9.97 Å². The van der Waals surface area contributed by atoms with Crippen molar-refractivity contribution in [2.45, 2.75) is 13.1 Å². The van der Waals surface area contributed by atoms with E-state index in [9.17, 15) is 13.2 Å². The molecule has 0 atom stereocenters. The number of nitrogen functional groups attached to an aromatic ring is 1. The molecule has 19 heavy (non-hydrogen) atoms. The van der Waals surface area contributed by atoms with Crippen LogP contribution in [0.1, 0.15) is 11.1 Å². The van der Waals surface area contributed by atoms with Crippen LogP contribution in [0.4, 0.5) is 30.4 Å². The van der Waals surface area contributed by atoms with Gasteiger partial charge in [-0.25, -0.2) is 9.97 Å². The Kier molecular flexibility index (Phi) is 3.28. The van der Waals surface area contributed by atoms with Crippen molar-refractivity contribution < 1.29 is 13.2 Å². The predicted octanol–water partition coefficient (Wildman–Crippen LogP) is 3.13. The van der Waals surface area contributed by atoms with Crippen LogP contribution in [0, 0.1) is 6.92 Å². The van der Waals surface area contributed by atoms with E-state index < -0.39 is 11.7 Å². The summed E-state index contributed by atoms with van der Waals surface area (Å²) in [6.45, 7) is 1.69. The summed E-state index contributed by atoms with van der Waals surface area (Å²) in [6.07, 6.45) is -1.75. The Balaban J connectivity index is 2.38. The van der Waals surface area contributed by atoms with Gasteiger partial charge in [0.2, 0.25) is 0 Å². The highest BCUT2D eigenvalue weighted by Gasteiger charge is 2.30. The van der Waals surface area contributed by atoms with Crippen LogP contribution >= 0.6 is 0 Å². The van der Waals surface area contributed by atoms with E-state index in [4.69, 9.17) is 5.73 Å². The Hall–Kier alpha value is -2.31. The standard InChI is InChI=1S/C12H11F3N4/c1-7-2-3-8(12(13,14)15)4-10(7)19-11-9(16)5-17-6-18-11/h2-6H,16H2,1H3,(H,17,18,19). The fourth-order valence-electron chi connectivity index (χ4n) is 1.51. The lowest BCUT2D eigenvalue weighted by Crippen LogP contribution is -2.07. The summed E-state index contributed by atoms with van der Waals surface area (Å²) < 4.78 is 37.9. The van der Waals surface area contributed by atoms with Gasteiger partial charge in [-0.05, 0) is 24.6 Å². The van der Waals surface area contributed by atoms with E-state index in [0.29, 0.717) is 11.3 Å². The third kappa shape index (κ3) is 2.93. The third-order valence-corrected chi connectivity index (χ3v) is 2.56. The first-order chi connectivity index (χ1) is 8.88. The number of aryl methyl sites for hydroxylation is 1. The number of hydrogen-bond acceptors (Lipinski definition) is 4. The molecule has 2 aromatic rings. The van der Waals surface area contributed by atoms with Gasteiger partial charge in [-0.1, -0.05) is 6.07 Å². The zero-order valence-corrected chi connectivity index (χ0v) is 9.99. The molecule has 2 rings (SSSR count). The highest BCUT2D eigenvalue weighted by molar-refractivity contribution is 5.69. The summed E-state index contributed by atoms with van der Waals surface area (Å²) >= 11 is 0. The number of nitrogens with two attached hydrogens (primary N) is 1. The Morgan fingerprint density at radius 1 is 1.26 bits per heavy atom. The predicted molar refractivity (Wildman–Crippen MR) is 65.9 cm³/mol. The molecule has 0 aliphatic carbocycles.